The molecule has 0 spiro atoms. The van der Waals surface area contributed by atoms with Crippen LogP contribution in [0.1, 0.15) is 22.6 Å². The molecule has 0 radical (unpaired) electrons. The predicted molar refractivity (Wildman–Crippen MR) is 93.5 cm³/mol. The fourth-order valence-corrected chi connectivity index (χ4v) is 5.87. The predicted octanol–water partition coefficient (Wildman–Crippen LogP) is 3.37. The summed E-state index contributed by atoms with van der Waals surface area (Å²) in [5.41, 5.74) is 3.63. The van der Waals surface area contributed by atoms with Crippen LogP contribution in [0.25, 0.3) is 10.9 Å². The van der Waals surface area contributed by atoms with Gasteiger partial charge < -0.3 is 4.98 Å². The van der Waals surface area contributed by atoms with Gasteiger partial charge in [-0.2, -0.15) is 0 Å². The number of benzene rings is 1. The average molecular weight is 346 g/mol. The van der Waals surface area contributed by atoms with Crippen molar-refractivity contribution in [3.63, 3.8) is 0 Å². The maximum atomic E-state index is 12.5. The second kappa shape index (κ2) is 5.47. The molecule has 3 aromatic rings. The van der Waals surface area contributed by atoms with Crippen molar-refractivity contribution in [2.75, 3.05) is 0 Å². The van der Waals surface area contributed by atoms with E-state index in [1.54, 1.807) is 6.07 Å². The molecule has 0 aliphatic heterocycles. The van der Waals surface area contributed by atoms with Crippen LogP contribution in [0.15, 0.2) is 40.6 Å². The summed E-state index contributed by atoms with van der Waals surface area (Å²) < 4.78 is 28.3. The quantitative estimate of drug-likeness (QED) is 0.764. The molecule has 4 rings (SSSR count). The van der Waals surface area contributed by atoms with E-state index >= 15 is 0 Å². The number of sulfonamides is 1. The lowest BCUT2D eigenvalue weighted by molar-refractivity contribution is 0.507. The van der Waals surface area contributed by atoms with E-state index in [1.807, 2.05) is 25.1 Å². The van der Waals surface area contributed by atoms with E-state index in [-0.39, 0.29) is 6.04 Å². The van der Waals surface area contributed by atoms with Gasteiger partial charge in [0.1, 0.15) is 4.21 Å². The summed E-state index contributed by atoms with van der Waals surface area (Å²) in [6, 6.07) is 11.7. The van der Waals surface area contributed by atoms with Crippen LogP contribution in [0.3, 0.4) is 0 Å². The standard InChI is InChI=1S/C17H18N2O2S2/c1-11-6-9-17(22-11)23(20,21)19-12-7-8-16-14(10-12)13-4-2-3-5-15(13)18-16/h2-6,9,12,18-19H,7-8,10H2,1H3. The largest absolute Gasteiger partial charge is 0.358 e. The van der Waals surface area contributed by atoms with Gasteiger partial charge >= 0.3 is 0 Å². The first kappa shape index (κ1) is 14.9. The molecule has 0 bridgehead atoms. The lowest BCUT2D eigenvalue weighted by atomic mass is 9.92. The molecule has 1 atom stereocenters. The normalized spacial score (nSPS) is 18.2. The van der Waals surface area contributed by atoms with Gasteiger partial charge in [0.25, 0.3) is 0 Å². The summed E-state index contributed by atoms with van der Waals surface area (Å²) in [4.78, 5) is 4.47. The van der Waals surface area contributed by atoms with Crippen molar-refractivity contribution < 1.29 is 8.42 Å². The summed E-state index contributed by atoms with van der Waals surface area (Å²) in [5, 5.41) is 1.21. The minimum atomic E-state index is -3.42. The second-order valence-electron chi connectivity index (χ2n) is 6.05. The summed E-state index contributed by atoms with van der Waals surface area (Å²) in [5.74, 6) is 0. The number of para-hydroxylation sites is 1. The number of H-pyrrole nitrogens is 1. The third kappa shape index (κ3) is 2.71. The number of thiophene rings is 1. The number of hydrogen-bond acceptors (Lipinski definition) is 3. The summed E-state index contributed by atoms with van der Waals surface area (Å²) in [6.07, 6.45) is 2.44. The maximum Gasteiger partial charge on any atom is 0.250 e. The van der Waals surface area contributed by atoms with Crippen LogP contribution in [-0.4, -0.2) is 19.4 Å². The van der Waals surface area contributed by atoms with Crippen molar-refractivity contribution in [2.24, 2.45) is 0 Å². The van der Waals surface area contributed by atoms with Crippen LogP contribution in [0.5, 0.6) is 0 Å². The highest BCUT2D eigenvalue weighted by Crippen LogP contribution is 2.30. The van der Waals surface area contributed by atoms with Crippen molar-refractivity contribution in [3.05, 3.63) is 52.5 Å². The molecular formula is C17H18N2O2S2. The average Bonchev–Trinajstić information content (AvgIpc) is 3.11. The molecule has 0 amide bonds. The molecule has 2 heterocycles. The molecule has 120 valence electrons. The Kier molecular flexibility index (Phi) is 3.55. The van der Waals surface area contributed by atoms with Crippen LogP contribution in [0, 0.1) is 6.92 Å². The zero-order valence-electron chi connectivity index (χ0n) is 12.8. The van der Waals surface area contributed by atoms with E-state index in [0.717, 1.165) is 29.7 Å². The fourth-order valence-electron chi connectivity index (χ4n) is 3.30. The van der Waals surface area contributed by atoms with Crippen LogP contribution < -0.4 is 4.72 Å². The highest BCUT2D eigenvalue weighted by molar-refractivity contribution is 7.91. The first-order chi connectivity index (χ1) is 11.0. The number of aromatic amines is 1. The van der Waals surface area contributed by atoms with E-state index in [4.69, 9.17) is 0 Å². The van der Waals surface area contributed by atoms with Crippen molar-refractivity contribution >= 4 is 32.3 Å². The van der Waals surface area contributed by atoms with E-state index in [9.17, 15) is 8.42 Å². The second-order valence-corrected chi connectivity index (χ2v) is 9.28. The first-order valence-electron chi connectivity index (χ1n) is 7.70. The minimum Gasteiger partial charge on any atom is -0.358 e. The summed E-state index contributed by atoms with van der Waals surface area (Å²) >= 11 is 1.32. The Morgan fingerprint density at radius 3 is 2.83 bits per heavy atom. The monoisotopic (exact) mass is 346 g/mol. The molecule has 2 aromatic heterocycles. The van der Waals surface area contributed by atoms with Gasteiger partial charge in [-0.25, -0.2) is 13.1 Å². The lowest BCUT2D eigenvalue weighted by Gasteiger charge is -2.23. The number of hydrogen-bond donors (Lipinski definition) is 2. The van der Waals surface area contributed by atoms with Crippen molar-refractivity contribution in [1.29, 1.82) is 0 Å². The topological polar surface area (TPSA) is 62.0 Å². The third-order valence-corrected chi connectivity index (χ3v) is 7.41. The van der Waals surface area contributed by atoms with E-state index < -0.39 is 10.0 Å². The third-order valence-electron chi connectivity index (χ3n) is 4.40. The van der Waals surface area contributed by atoms with Crippen LogP contribution >= 0.6 is 11.3 Å². The van der Waals surface area contributed by atoms with Crippen LogP contribution in [0.4, 0.5) is 0 Å². The Hall–Kier alpha value is -1.63. The molecule has 0 saturated heterocycles. The zero-order chi connectivity index (χ0) is 16.0. The molecule has 4 nitrogen and oxygen atoms in total. The van der Waals surface area contributed by atoms with Gasteiger partial charge in [-0.3, -0.25) is 0 Å². The Morgan fingerprint density at radius 2 is 2.04 bits per heavy atom. The number of rotatable bonds is 3. The molecule has 23 heavy (non-hydrogen) atoms. The molecule has 6 heteroatoms. The number of aromatic nitrogens is 1. The molecule has 1 aromatic carbocycles. The summed E-state index contributed by atoms with van der Waals surface area (Å²) in [6.45, 7) is 1.92. The van der Waals surface area contributed by atoms with Gasteiger partial charge in [0, 0.05) is 27.5 Å². The molecule has 1 aliphatic carbocycles. The maximum absolute atomic E-state index is 12.5. The first-order valence-corrected chi connectivity index (χ1v) is 10.00. The molecule has 2 N–H and O–H groups in total. The summed E-state index contributed by atoms with van der Waals surface area (Å²) in [7, 11) is -3.42. The molecule has 0 saturated carbocycles. The lowest BCUT2D eigenvalue weighted by Crippen LogP contribution is -2.38. The highest BCUT2D eigenvalue weighted by Gasteiger charge is 2.27. The number of aryl methyl sites for hydroxylation is 2. The molecule has 1 unspecified atom stereocenters. The van der Waals surface area contributed by atoms with Gasteiger partial charge in [0.05, 0.1) is 0 Å². The van der Waals surface area contributed by atoms with Crippen molar-refractivity contribution in [1.82, 2.24) is 9.71 Å². The van der Waals surface area contributed by atoms with Crippen LogP contribution in [0.2, 0.25) is 0 Å². The van der Waals surface area contributed by atoms with Crippen LogP contribution in [-0.2, 0) is 22.9 Å². The van der Waals surface area contributed by atoms with Gasteiger partial charge in [-0.15, -0.1) is 11.3 Å². The van der Waals surface area contributed by atoms with Gasteiger partial charge in [-0.05, 0) is 49.9 Å². The van der Waals surface area contributed by atoms with Gasteiger partial charge in [0.2, 0.25) is 10.0 Å². The molecular weight excluding hydrogens is 328 g/mol. The van der Waals surface area contributed by atoms with Gasteiger partial charge in [0.15, 0.2) is 0 Å². The van der Waals surface area contributed by atoms with Crippen molar-refractivity contribution in [3.8, 4) is 0 Å². The SMILES string of the molecule is Cc1ccc(S(=O)(=O)NC2CCc3[nH]c4ccccc4c3C2)s1. The fraction of sp³-hybridized carbons (Fsp3) is 0.294. The van der Waals surface area contributed by atoms with E-state index in [2.05, 4.69) is 21.8 Å². The minimum absolute atomic E-state index is 0.0471. The van der Waals surface area contributed by atoms with Gasteiger partial charge in [-0.1, -0.05) is 18.2 Å². The zero-order valence-corrected chi connectivity index (χ0v) is 14.4. The Labute approximate surface area is 139 Å². The Balaban J connectivity index is 1.61. The van der Waals surface area contributed by atoms with E-state index in [0.29, 0.717) is 4.21 Å². The molecule has 0 fully saturated rings. The molecule has 1 aliphatic rings. The number of nitrogens with one attached hydrogen (secondary N) is 2. The Bertz CT molecular complexity index is 970. The highest BCUT2D eigenvalue weighted by atomic mass is 32.2. The smallest absolute Gasteiger partial charge is 0.250 e. The Morgan fingerprint density at radius 1 is 1.22 bits per heavy atom. The van der Waals surface area contributed by atoms with E-state index in [1.165, 1.54) is 28.0 Å². The number of fused-ring (bicyclic) bond motifs is 3. The van der Waals surface area contributed by atoms with Crippen molar-refractivity contribution in [2.45, 2.75) is 36.4 Å².